The molecule has 1 fully saturated rings. The van der Waals surface area contributed by atoms with Gasteiger partial charge in [-0.3, -0.25) is 4.79 Å². The minimum absolute atomic E-state index is 0.0276. The van der Waals surface area contributed by atoms with Crippen molar-refractivity contribution in [2.45, 2.75) is 57.6 Å². The second-order valence-electron chi connectivity index (χ2n) is 9.02. The number of nitriles is 1. The number of anilines is 3. The van der Waals surface area contributed by atoms with Crippen LogP contribution in [0.25, 0.3) is 0 Å². The predicted molar refractivity (Wildman–Crippen MR) is 119 cm³/mol. The van der Waals surface area contributed by atoms with Crippen molar-refractivity contribution in [3.05, 3.63) is 41.3 Å². The van der Waals surface area contributed by atoms with Gasteiger partial charge >= 0.3 is 0 Å². The molecule has 1 aliphatic carbocycles. The molecule has 1 aromatic heterocycles. The van der Waals surface area contributed by atoms with Crippen LogP contribution in [0.5, 0.6) is 0 Å². The zero-order chi connectivity index (χ0) is 22.9. The van der Waals surface area contributed by atoms with Crippen molar-refractivity contribution < 1.29 is 14.3 Å². The Bertz CT molecular complexity index is 1070. The molecular weight excluding hydrogens is 411 g/mol. The maximum atomic E-state index is 13.4. The molecule has 0 saturated heterocycles. The zero-order valence-corrected chi connectivity index (χ0v) is 18.2. The summed E-state index contributed by atoms with van der Waals surface area (Å²) in [6.07, 6.45) is 4.06. The Labute approximate surface area is 186 Å². The lowest BCUT2D eigenvalue weighted by Gasteiger charge is -2.43. The van der Waals surface area contributed by atoms with Crippen molar-refractivity contribution >= 4 is 23.4 Å². The van der Waals surface area contributed by atoms with Crippen molar-refractivity contribution in [3.8, 4) is 6.07 Å². The number of carbonyl (C=O) groups is 1. The summed E-state index contributed by atoms with van der Waals surface area (Å²) in [5.41, 5.74) is 1.27. The van der Waals surface area contributed by atoms with Gasteiger partial charge in [0.05, 0.1) is 18.2 Å². The highest BCUT2D eigenvalue weighted by Crippen LogP contribution is 2.38. The van der Waals surface area contributed by atoms with E-state index in [0.717, 1.165) is 24.8 Å². The quantitative estimate of drug-likeness (QED) is 0.545. The SMILES string of the molecule is CC1(C)C(O)CCC[C@H]1Nc1nc(NCCC2C(=O)Nc3cc(F)ccc32)ncc1C#N. The van der Waals surface area contributed by atoms with Gasteiger partial charge in [0.25, 0.3) is 0 Å². The van der Waals surface area contributed by atoms with E-state index in [2.05, 4.69) is 32.0 Å². The van der Waals surface area contributed by atoms with Crippen molar-refractivity contribution in [1.82, 2.24) is 9.97 Å². The van der Waals surface area contributed by atoms with Crippen LogP contribution >= 0.6 is 0 Å². The van der Waals surface area contributed by atoms with Gasteiger partial charge in [-0.1, -0.05) is 19.9 Å². The second kappa shape index (κ2) is 8.71. The Morgan fingerprint density at radius 2 is 2.19 bits per heavy atom. The molecule has 0 radical (unpaired) electrons. The summed E-state index contributed by atoms with van der Waals surface area (Å²) in [5, 5.41) is 29.0. The smallest absolute Gasteiger partial charge is 0.232 e. The van der Waals surface area contributed by atoms with Crippen molar-refractivity contribution in [3.63, 3.8) is 0 Å². The van der Waals surface area contributed by atoms with Gasteiger partial charge in [0.2, 0.25) is 11.9 Å². The first-order valence-electron chi connectivity index (χ1n) is 10.9. The molecule has 168 valence electrons. The largest absolute Gasteiger partial charge is 0.392 e. The summed E-state index contributed by atoms with van der Waals surface area (Å²) in [4.78, 5) is 21.0. The van der Waals surface area contributed by atoms with Gasteiger partial charge in [-0.25, -0.2) is 9.37 Å². The predicted octanol–water partition coefficient (Wildman–Crippen LogP) is 3.38. The molecule has 1 aromatic carbocycles. The molecule has 2 unspecified atom stereocenters. The zero-order valence-electron chi connectivity index (χ0n) is 18.2. The van der Waals surface area contributed by atoms with E-state index in [0.29, 0.717) is 36.0 Å². The third-order valence-corrected chi connectivity index (χ3v) is 6.63. The first-order chi connectivity index (χ1) is 15.3. The van der Waals surface area contributed by atoms with Gasteiger partial charge in [-0.15, -0.1) is 0 Å². The number of aromatic nitrogens is 2. The molecule has 4 rings (SSSR count). The molecule has 3 atom stereocenters. The number of aliphatic hydroxyl groups excluding tert-OH is 1. The third-order valence-electron chi connectivity index (χ3n) is 6.63. The van der Waals surface area contributed by atoms with E-state index in [-0.39, 0.29) is 29.1 Å². The van der Waals surface area contributed by atoms with Gasteiger partial charge in [0.15, 0.2) is 0 Å². The summed E-state index contributed by atoms with van der Waals surface area (Å²) >= 11 is 0. The van der Waals surface area contributed by atoms with Crippen LogP contribution < -0.4 is 16.0 Å². The number of rotatable bonds is 6. The molecule has 9 heteroatoms. The lowest BCUT2D eigenvalue weighted by molar-refractivity contribution is -0.117. The Kier molecular flexibility index (Phi) is 5.98. The monoisotopic (exact) mass is 438 g/mol. The summed E-state index contributed by atoms with van der Waals surface area (Å²) in [5.74, 6) is -0.148. The molecule has 2 heterocycles. The number of amides is 1. The van der Waals surface area contributed by atoms with Gasteiger partial charge in [-0.05, 0) is 43.4 Å². The van der Waals surface area contributed by atoms with Crippen LogP contribution in [0.1, 0.15) is 56.6 Å². The first-order valence-corrected chi connectivity index (χ1v) is 10.9. The van der Waals surface area contributed by atoms with Crippen molar-refractivity contribution in [2.75, 3.05) is 22.5 Å². The van der Waals surface area contributed by atoms with Gasteiger partial charge < -0.3 is 21.1 Å². The fourth-order valence-electron chi connectivity index (χ4n) is 4.49. The normalized spacial score (nSPS) is 23.7. The summed E-state index contributed by atoms with van der Waals surface area (Å²) in [7, 11) is 0. The molecule has 4 N–H and O–H groups in total. The van der Waals surface area contributed by atoms with Crippen molar-refractivity contribution in [2.24, 2.45) is 5.41 Å². The molecule has 2 aliphatic rings. The Balaban J connectivity index is 1.43. The number of nitrogens with one attached hydrogen (secondary N) is 3. The molecule has 0 spiro atoms. The number of hydrogen-bond acceptors (Lipinski definition) is 7. The molecule has 8 nitrogen and oxygen atoms in total. The Hall–Kier alpha value is -3.25. The van der Waals surface area contributed by atoms with Crippen LogP contribution in [-0.4, -0.2) is 39.7 Å². The van der Waals surface area contributed by atoms with Gasteiger partial charge in [0, 0.05) is 23.7 Å². The average molecular weight is 439 g/mol. The van der Waals surface area contributed by atoms with E-state index in [1.165, 1.54) is 18.3 Å². The third kappa shape index (κ3) is 4.23. The molecular formula is C23H27FN6O2. The van der Waals surface area contributed by atoms with Gasteiger partial charge in [-0.2, -0.15) is 10.2 Å². The standard InChI is InChI=1S/C23H27FN6O2/c1-23(2)18(4-3-5-19(23)31)29-20-13(11-25)12-27-22(30-20)26-9-8-16-15-7-6-14(24)10-17(15)28-21(16)32/h6-7,10,12,16,18-19,31H,3-5,8-9H2,1-2H3,(H,28,32)(H2,26,27,29,30)/t16?,18-,19?/m1/s1. The van der Waals surface area contributed by atoms with Crippen LogP contribution in [0.2, 0.25) is 0 Å². The number of nitrogens with zero attached hydrogens (tertiary/aromatic N) is 3. The van der Waals surface area contributed by atoms with E-state index in [9.17, 15) is 19.6 Å². The van der Waals surface area contributed by atoms with Crippen LogP contribution in [0.4, 0.5) is 21.8 Å². The Morgan fingerprint density at radius 3 is 2.97 bits per heavy atom. The molecule has 2 aromatic rings. The number of aliphatic hydroxyl groups is 1. The fraction of sp³-hybridized carbons (Fsp3) is 0.478. The lowest BCUT2D eigenvalue weighted by Crippen LogP contribution is -2.48. The highest BCUT2D eigenvalue weighted by Gasteiger charge is 2.40. The van der Waals surface area contributed by atoms with Crippen LogP contribution in [0, 0.1) is 22.6 Å². The van der Waals surface area contributed by atoms with E-state index in [1.807, 2.05) is 13.8 Å². The molecule has 1 saturated carbocycles. The molecule has 32 heavy (non-hydrogen) atoms. The topological polar surface area (TPSA) is 123 Å². The number of benzene rings is 1. The van der Waals surface area contributed by atoms with E-state index < -0.39 is 6.10 Å². The minimum Gasteiger partial charge on any atom is -0.392 e. The van der Waals surface area contributed by atoms with Crippen LogP contribution in [-0.2, 0) is 4.79 Å². The Morgan fingerprint density at radius 1 is 1.38 bits per heavy atom. The highest BCUT2D eigenvalue weighted by molar-refractivity contribution is 6.02. The van der Waals surface area contributed by atoms with E-state index >= 15 is 0 Å². The summed E-state index contributed by atoms with van der Waals surface area (Å²) in [6, 6.07) is 6.39. The average Bonchev–Trinajstić information content (AvgIpc) is 3.06. The molecule has 0 bridgehead atoms. The number of hydrogen-bond donors (Lipinski definition) is 4. The first kappa shape index (κ1) is 22.0. The summed E-state index contributed by atoms with van der Waals surface area (Å²) in [6.45, 7) is 4.45. The molecule has 1 aliphatic heterocycles. The minimum atomic E-state index is -0.423. The van der Waals surface area contributed by atoms with Crippen LogP contribution in [0.15, 0.2) is 24.4 Å². The van der Waals surface area contributed by atoms with E-state index in [1.54, 1.807) is 6.07 Å². The number of fused-ring (bicyclic) bond motifs is 1. The maximum Gasteiger partial charge on any atom is 0.232 e. The number of halogens is 1. The van der Waals surface area contributed by atoms with Crippen LogP contribution in [0.3, 0.4) is 0 Å². The van der Waals surface area contributed by atoms with Crippen molar-refractivity contribution in [1.29, 1.82) is 5.26 Å². The molecule has 1 amide bonds. The van der Waals surface area contributed by atoms with Gasteiger partial charge in [0.1, 0.15) is 23.3 Å². The number of carbonyl (C=O) groups excluding carboxylic acids is 1. The fourth-order valence-corrected chi connectivity index (χ4v) is 4.49. The lowest BCUT2D eigenvalue weighted by atomic mass is 9.71. The van der Waals surface area contributed by atoms with E-state index in [4.69, 9.17) is 0 Å². The summed E-state index contributed by atoms with van der Waals surface area (Å²) < 4.78 is 13.4. The highest BCUT2D eigenvalue weighted by atomic mass is 19.1. The second-order valence-corrected chi connectivity index (χ2v) is 9.02. The maximum absolute atomic E-state index is 13.4.